The first kappa shape index (κ1) is 17.2. The van der Waals surface area contributed by atoms with Gasteiger partial charge in [0.25, 0.3) is 0 Å². The fourth-order valence-corrected chi connectivity index (χ4v) is 3.01. The number of urea groups is 1. The van der Waals surface area contributed by atoms with Gasteiger partial charge in [-0.25, -0.2) is 13.6 Å². The van der Waals surface area contributed by atoms with Crippen LogP contribution in [0.25, 0.3) is 0 Å². The minimum absolute atomic E-state index is 0.0921. The molecule has 0 aliphatic carbocycles. The first-order chi connectivity index (χ1) is 11.9. The predicted molar refractivity (Wildman–Crippen MR) is 90.3 cm³/mol. The van der Waals surface area contributed by atoms with Crippen LogP contribution < -0.4 is 15.5 Å². The summed E-state index contributed by atoms with van der Waals surface area (Å²) in [4.78, 5) is 14.0. The third-order valence-corrected chi connectivity index (χ3v) is 4.35. The molecular weight excluding hydrogens is 328 g/mol. The zero-order chi connectivity index (χ0) is 18.0. The number of anilines is 1. The number of benzene rings is 1. The number of amides is 2. The number of carbonyl (C=O) groups is 1. The van der Waals surface area contributed by atoms with Crippen molar-refractivity contribution in [3.8, 4) is 0 Å². The van der Waals surface area contributed by atoms with Crippen molar-refractivity contribution in [3.63, 3.8) is 0 Å². The molecule has 2 heterocycles. The van der Waals surface area contributed by atoms with Crippen LogP contribution >= 0.6 is 0 Å². The summed E-state index contributed by atoms with van der Waals surface area (Å²) >= 11 is 0. The third-order valence-electron chi connectivity index (χ3n) is 4.35. The molecule has 2 amide bonds. The minimum Gasteiger partial charge on any atom is -0.367 e. The van der Waals surface area contributed by atoms with Gasteiger partial charge in [0.2, 0.25) is 0 Å². The Morgan fingerprint density at radius 1 is 1.40 bits per heavy atom. The minimum atomic E-state index is -0.598. The van der Waals surface area contributed by atoms with E-state index < -0.39 is 11.6 Å². The second-order valence-electron chi connectivity index (χ2n) is 6.31. The van der Waals surface area contributed by atoms with Crippen LogP contribution in [0.5, 0.6) is 0 Å². The molecule has 0 saturated carbocycles. The van der Waals surface area contributed by atoms with Gasteiger partial charge in [0.15, 0.2) is 0 Å². The highest BCUT2D eigenvalue weighted by Crippen LogP contribution is 2.24. The largest absolute Gasteiger partial charge is 0.367 e. The topological polar surface area (TPSA) is 62.2 Å². The van der Waals surface area contributed by atoms with Gasteiger partial charge < -0.3 is 15.5 Å². The smallest absolute Gasteiger partial charge is 0.315 e. The maximum atomic E-state index is 13.9. The van der Waals surface area contributed by atoms with Crippen molar-refractivity contribution in [2.45, 2.75) is 25.4 Å². The Morgan fingerprint density at radius 3 is 2.88 bits per heavy atom. The molecule has 1 aromatic carbocycles. The number of aryl methyl sites for hydroxylation is 1. The van der Waals surface area contributed by atoms with Crippen LogP contribution in [-0.2, 0) is 7.05 Å². The molecule has 134 valence electrons. The van der Waals surface area contributed by atoms with Crippen LogP contribution in [0, 0.1) is 11.6 Å². The molecule has 1 fully saturated rings. The molecule has 2 atom stereocenters. The van der Waals surface area contributed by atoms with E-state index in [-0.39, 0.29) is 18.1 Å². The monoisotopic (exact) mass is 349 g/mol. The molecule has 1 aromatic heterocycles. The Balaban J connectivity index is 1.53. The Morgan fingerprint density at radius 2 is 2.20 bits per heavy atom. The first-order valence-corrected chi connectivity index (χ1v) is 8.18. The summed E-state index contributed by atoms with van der Waals surface area (Å²) in [6.07, 6.45) is 4.25. The predicted octanol–water partition coefficient (Wildman–Crippen LogP) is 2.34. The lowest BCUT2D eigenvalue weighted by Gasteiger charge is -2.20. The van der Waals surface area contributed by atoms with E-state index in [0.717, 1.165) is 11.6 Å². The van der Waals surface area contributed by atoms with Crippen molar-refractivity contribution in [1.29, 1.82) is 0 Å². The summed E-state index contributed by atoms with van der Waals surface area (Å²) in [5, 5.41) is 9.85. The van der Waals surface area contributed by atoms with E-state index in [9.17, 15) is 13.6 Å². The summed E-state index contributed by atoms with van der Waals surface area (Å²) in [5.41, 5.74) is 1.27. The molecule has 0 spiro atoms. The molecular formula is C17H21F2N5O. The van der Waals surface area contributed by atoms with Crippen LogP contribution in [0.15, 0.2) is 30.6 Å². The fourth-order valence-electron chi connectivity index (χ4n) is 3.01. The van der Waals surface area contributed by atoms with E-state index in [1.165, 1.54) is 12.1 Å². The van der Waals surface area contributed by atoms with Gasteiger partial charge in [-0.1, -0.05) is 0 Å². The lowest BCUT2D eigenvalue weighted by molar-refractivity contribution is 0.235. The quantitative estimate of drug-likeness (QED) is 0.891. The number of hydrogen-bond acceptors (Lipinski definition) is 3. The average molecular weight is 349 g/mol. The van der Waals surface area contributed by atoms with Gasteiger partial charge in [0.1, 0.15) is 11.6 Å². The first-order valence-electron chi connectivity index (χ1n) is 8.18. The standard InChI is InChI=1S/C17H21F2N5O/c1-11(12-8-20-23(2)9-12)21-17(25)22-14-5-6-24(10-14)16-4-3-13(18)7-15(16)19/h3-4,7-9,11,14H,5-6,10H2,1-2H3,(H2,21,22,25)/t11-,14+/m1/s1. The normalized spacial score (nSPS) is 18.2. The van der Waals surface area contributed by atoms with Gasteiger partial charge in [0.05, 0.1) is 17.9 Å². The number of rotatable bonds is 4. The van der Waals surface area contributed by atoms with E-state index in [0.29, 0.717) is 25.2 Å². The van der Waals surface area contributed by atoms with Crippen molar-refractivity contribution < 1.29 is 13.6 Å². The summed E-state index contributed by atoms with van der Waals surface area (Å²) in [6, 6.07) is 3.01. The second kappa shape index (κ2) is 7.08. The summed E-state index contributed by atoms with van der Waals surface area (Å²) in [6.45, 7) is 2.97. The maximum absolute atomic E-state index is 13.9. The van der Waals surface area contributed by atoms with Gasteiger partial charge in [-0.2, -0.15) is 5.10 Å². The van der Waals surface area contributed by atoms with Crippen LogP contribution in [0.3, 0.4) is 0 Å². The lowest BCUT2D eigenvalue weighted by atomic mass is 10.2. The van der Waals surface area contributed by atoms with E-state index in [4.69, 9.17) is 0 Å². The molecule has 8 heteroatoms. The Kier molecular flexibility index (Phi) is 4.87. The summed E-state index contributed by atoms with van der Waals surface area (Å²) in [5.74, 6) is -1.19. The van der Waals surface area contributed by atoms with Crippen LogP contribution in [0.1, 0.15) is 24.9 Å². The van der Waals surface area contributed by atoms with Crippen LogP contribution in [0.2, 0.25) is 0 Å². The van der Waals surface area contributed by atoms with E-state index >= 15 is 0 Å². The van der Waals surface area contributed by atoms with E-state index in [1.807, 2.05) is 25.1 Å². The highest BCUT2D eigenvalue weighted by molar-refractivity contribution is 5.75. The van der Waals surface area contributed by atoms with Gasteiger partial charge in [-0.3, -0.25) is 4.68 Å². The molecule has 1 aliphatic heterocycles. The zero-order valence-electron chi connectivity index (χ0n) is 14.2. The van der Waals surface area contributed by atoms with E-state index in [1.54, 1.807) is 10.9 Å². The van der Waals surface area contributed by atoms with Crippen molar-refractivity contribution in [2.24, 2.45) is 7.05 Å². The molecule has 25 heavy (non-hydrogen) atoms. The second-order valence-corrected chi connectivity index (χ2v) is 6.31. The Bertz CT molecular complexity index is 763. The van der Waals surface area contributed by atoms with Crippen LogP contribution in [-0.4, -0.2) is 34.9 Å². The third kappa shape index (κ3) is 4.07. The number of nitrogens with zero attached hydrogens (tertiary/aromatic N) is 3. The number of halogens is 2. The van der Waals surface area contributed by atoms with Crippen molar-refractivity contribution in [3.05, 3.63) is 47.8 Å². The summed E-state index contributed by atoms with van der Waals surface area (Å²) < 4.78 is 28.6. The zero-order valence-corrected chi connectivity index (χ0v) is 14.2. The van der Waals surface area contributed by atoms with Crippen molar-refractivity contribution in [2.75, 3.05) is 18.0 Å². The highest BCUT2D eigenvalue weighted by Gasteiger charge is 2.26. The van der Waals surface area contributed by atoms with Gasteiger partial charge in [-0.05, 0) is 25.5 Å². The molecule has 0 unspecified atom stereocenters. The summed E-state index contributed by atoms with van der Waals surface area (Å²) in [7, 11) is 1.82. The molecule has 6 nitrogen and oxygen atoms in total. The number of aromatic nitrogens is 2. The van der Waals surface area contributed by atoms with Crippen LogP contribution in [0.4, 0.5) is 19.3 Å². The fraction of sp³-hybridized carbons (Fsp3) is 0.412. The highest BCUT2D eigenvalue weighted by atomic mass is 19.1. The van der Waals surface area contributed by atoms with Gasteiger partial charge in [0, 0.05) is 44.0 Å². The average Bonchev–Trinajstić information content (AvgIpc) is 3.16. The molecule has 1 aliphatic rings. The number of carbonyl (C=O) groups excluding carboxylic acids is 1. The SMILES string of the molecule is C[C@@H](NC(=O)N[C@H]1CCN(c2ccc(F)cc2F)C1)c1cnn(C)c1. The molecule has 0 bridgehead atoms. The molecule has 2 aromatic rings. The maximum Gasteiger partial charge on any atom is 0.315 e. The van der Waals surface area contributed by atoms with Crippen molar-refractivity contribution in [1.82, 2.24) is 20.4 Å². The molecule has 3 rings (SSSR count). The number of nitrogens with one attached hydrogen (secondary N) is 2. The number of hydrogen-bond donors (Lipinski definition) is 2. The Hall–Kier alpha value is -2.64. The lowest BCUT2D eigenvalue weighted by Crippen LogP contribution is -2.44. The Labute approximate surface area is 144 Å². The van der Waals surface area contributed by atoms with Gasteiger partial charge in [-0.15, -0.1) is 0 Å². The van der Waals surface area contributed by atoms with E-state index in [2.05, 4.69) is 15.7 Å². The van der Waals surface area contributed by atoms with Crippen molar-refractivity contribution >= 4 is 11.7 Å². The molecule has 0 radical (unpaired) electrons. The van der Waals surface area contributed by atoms with Gasteiger partial charge >= 0.3 is 6.03 Å². The molecule has 1 saturated heterocycles. The molecule has 2 N–H and O–H groups in total.